The second-order valence-electron chi connectivity index (χ2n) is 5.87. The molecule has 0 spiro atoms. The molecule has 132 valence electrons. The molecule has 3 N–H and O–H groups in total. The molecular formula is C20H20N4O2. The first-order chi connectivity index (χ1) is 12.6. The van der Waals surface area contributed by atoms with Crippen molar-refractivity contribution in [3.05, 3.63) is 83.7 Å². The number of carbonyl (C=O) groups is 2. The van der Waals surface area contributed by atoms with E-state index >= 15 is 0 Å². The van der Waals surface area contributed by atoms with Crippen LogP contribution >= 0.6 is 0 Å². The Hall–Kier alpha value is -3.41. The molecule has 0 aliphatic heterocycles. The van der Waals surface area contributed by atoms with Gasteiger partial charge in [0.25, 0.3) is 11.8 Å². The maximum Gasteiger partial charge on any atom is 0.271 e. The summed E-state index contributed by atoms with van der Waals surface area (Å²) in [4.78, 5) is 24.0. The van der Waals surface area contributed by atoms with Crippen molar-refractivity contribution in [3.63, 3.8) is 0 Å². The Kier molecular flexibility index (Phi) is 5.43. The number of nitrogens with one attached hydrogen (secondary N) is 1. The predicted molar refractivity (Wildman–Crippen MR) is 99.2 cm³/mol. The van der Waals surface area contributed by atoms with E-state index in [0.717, 1.165) is 12.8 Å². The van der Waals surface area contributed by atoms with Gasteiger partial charge in [-0.15, -0.1) is 0 Å². The molecule has 0 aliphatic rings. The van der Waals surface area contributed by atoms with Crippen molar-refractivity contribution in [3.8, 4) is 5.69 Å². The summed E-state index contributed by atoms with van der Waals surface area (Å²) in [5.41, 5.74) is 7.66. The highest BCUT2D eigenvalue weighted by Gasteiger charge is 2.18. The van der Waals surface area contributed by atoms with Crippen molar-refractivity contribution in [2.45, 2.75) is 12.8 Å². The van der Waals surface area contributed by atoms with E-state index in [1.807, 2.05) is 36.4 Å². The van der Waals surface area contributed by atoms with E-state index in [1.165, 1.54) is 16.3 Å². The smallest absolute Gasteiger partial charge is 0.271 e. The zero-order chi connectivity index (χ0) is 18.4. The number of nitrogens with zero attached hydrogens (tertiary/aromatic N) is 2. The van der Waals surface area contributed by atoms with Crippen LogP contribution in [-0.4, -0.2) is 28.1 Å². The van der Waals surface area contributed by atoms with Gasteiger partial charge in [-0.1, -0.05) is 48.5 Å². The molecule has 0 atom stereocenters. The Morgan fingerprint density at radius 1 is 1.00 bits per heavy atom. The van der Waals surface area contributed by atoms with Crippen LogP contribution in [0.2, 0.25) is 0 Å². The van der Waals surface area contributed by atoms with Gasteiger partial charge in [-0.2, -0.15) is 5.10 Å². The third-order valence-electron chi connectivity index (χ3n) is 3.97. The number of para-hydroxylation sites is 1. The molecule has 0 saturated heterocycles. The predicted octanol–water partition coefficient (Wildman–Crippen LogP) is 2.33. The minimum Gasteiger partial charge on any atom is -0.364 e. The second kappa shape index (κ2) is 8.11. The Morgan fingerprint density at radius 2 is 1.65 bits per heavy atom. The lowest BCUT2D eigenvalue weighted by molar-refractivity contribution is 0.0946. The molecule has 0 unspecified atom stereocenters. The van der Waals surface area contributed by atoms with Gasteiger partial charge >= 0.3 is 0 Å². The van der Waals surface area contributed by atoms with Crippen molar-refractivity contribution in [2.24, 2.45) is 5.73 Å². The number of hydrogen-bond acceptors (Lipinski definition) is 3. The summed E-state index contributed by atoms with van der Waals surface area (Å²) in [6.07, 6.45) is 1.70. The second-order valence-corrected chi connectivity index (χ2v) is 5.87. The average Bonchev–Trinajstić information content (AvgIpc) is 3.12. The highest BCUT2D eigenvalue weighted by molar-refractivity contribution is 5.97. The molecule has 6 nitrogen and oxygen atoms in total. The zero-order valence-corrected chi connectivity index (χ0v) is 14.3. The molecule has 1 heterocycles. The number of amides is 2. The van der Waals surface area contributed by atoms with Crippen molar-refractivity contribution in [2.75, 3.05) is 6.54 Å². The summed E-state index contributed by atoms with van der Waals surface area (Å²) in [5, 5.41) is 7.08. The van der Waals surface area contributed by atoms with Gasteiger partial charge in [0.2, 0.25) is 0 Å². The quantitative estimate of drug-likeness (QED) is 0.642. The third-order valence-corrected chi connectivity index (χ3v) is 3.97. The summed E-state index contributed by atoms with van der Waals surface area (Å²) >= 11 is 0. The molecule has 2 amide bonds. The highest BCUT2D eigenvalue weighted by atomic mass is 16.2. The maximum atomic E-state index is 12.3. The van der Waals surface area contributed by atoms with Gasteiger partial charge < -0.3 is 11.1 Å². The topological polar surface area (TPSA) is 90.0 Å². The summed E-state index contributed by atoms with van der Waals surface area (Å²) in [6, 6.07) is 20.6. The number of aryl methyl sites for hydroxylation is 1. The Balaban J connectivity index is 1.65. The van der Waals surface area contributed by atoms with Gasteiger partial charge in [-0.05, 0) is 30.5 Å². The number of primary amides is 1. The fourth-order valence-corrected chi connectivity index (χ4v) is 2.66. The minimum absolute atomic E-state index is 0.169. The van der Waals surface area contributed by atoms with Crippen LogP contribution in [0, 0.1) is 0 Å². The van der Waals surface area contributed by atoms with Gasteiger partial charge in [-0.25, -0.2) is 4.68 Å². The third kappa shape index (κ3) is 4.16. The Labute approximate surface area is 151 Å². The van der Waals surface area contributed by atoms with Gasteiger partial charge in [0, 0.05) is 12.6 Å². The number of rotatable bonds is 7. The highest BCUT2D eigenvalue weighted by Crippen LogP contribution is 2.12. The number of hydrogen-bond donors (Lipinski definition) is 2. The lowest BCUT2D eigenvalue weighted by Crippen LogP contribution is -2.25. The number of aromatic nitrogens is 2. The number of benzene rings is 2. The molecule has 2 aromatic carbocycles. The molecule has 3 rings (SSSR count). The van der Waals surface area contributed by atoms with Crippen molar-refractivity contribution < 1.29 is 9.59 Å². The fourth-order valence-electron chi connectivity index (χ4n) is 2.66. The maximum absolute atomic E-state index is 12.3. The molecule has 0 fully saturated rings. The Bertz CT molecular complexity index is 889. The molecule has 0 bridgehead atoms. The molecule has 0 saturated carbocycles. The van der Waals surface area contributed by atoms with E-state index in [9.17, 15) is 9.59 Å². The zero-order valence-electron chi connectivity index (χ0n) is 14.3. The normalized spacial score (nSPS) is 10.5. The fraction of sp³-hybridized carbons (Fsp3) is 0.150. The van der Waals surface area contributed by atoms with Crippen molar-refractivity contribution >= 4 is 11.8 Å². The van der Waals surface area contributed by atoms with Gasteiger partial charge in [-0.3, -0.25) is 9.59 Å². The van der Waals surface area contributed by atoms with Crippen LogP contribution in [0.4, 0.5) is 0 Å². The first-order valence-electron chi connectivity index (χ1n) is 8.42. The van der Waals surface area contributed by atoms with Crippen molar-refractivity contribution in [1.29, 1.82) is 0 Å². The SMILES string of the molecule is NC(=O)c1cc(C(=O)NCCCc2ccccc2)nn1-c1ccccc1. The van der Waals surface area contributed by atoms with E-state index < -0.39 is 5.91 Å². The van der Waals surface area contributed by atoms with Crippen LogP contribution < -0.4 is 11.1 Å². The number of carbonyl (C=O) groups excluding carboxylic acids is 2. The summed E-state index contributed by atoms with van der Waals surface area (Å²) in [6.45, 7) is 0.526. The molecule has 6 heteroatoms. The van der Waals surface area contributed by atoms with E-state index in [2.05, 4.69) is 22.5 Å². The summed E-state index contributed by atoms with van der Waals surface area (Å²) in [5.74, 6) is -0.959. The van der Waals surface area contributed by atoms with Crippen LogP contribution in [0.1, 0.15) is 33.0 Å². The monoisotopic (exact) mass is 348 g/mol. The van der Waals surface area contributed by atoms with Crippen LogP contribution in [0.25, 0.3) is 5.69 Å². The van der Waals surface area contributed by atoms with Crippen LogP contribution in [-0.2, 0) is 6.42 Å². The van der Waals surface area contributed by atoms with E-state index in [0.29, 0.717) is 12.2 Å². The first-order valence-corrected chi connectivity index (χ1v) is 8.42. The van der Waals surface area contributed by atoms with Gasteiger partial charge in [0.05, 0.1) is 5.69 Å². The van der Waals surface area contributed by atoms with E-state index in [-0.39, 0.29) is 17.3 Å². The lowest BCUT2D eigenvalue weighted by Gasteiger charge is -2.04. The van der Waals surface area contributed by atoms with Crippen LogP contribution in [0.15, 0.2) is 66.7 Å². The minimum atomic E-state index is -0.635. The van der Waals surface area contributed by atoms with E-state index in [4.69, 9.17) is 5.73 Å². The first kappa shape index (κ1) is 17.4. The molecule has 0 radical (unpaired) electrons. The van der Waals surface area contributed by atoms with Gasteiger partial charge in [0.15, 0.2) is 5.69 Å². The summed E-state index contributed by atoms with van der Waals surface area (Å²) in [7, 11) is 0. The number of nitrogens with two attached hydrogens (primary N) is 1. The molecule has 0 aliphatic carbocycles. The van der Waals surface area contributed by atoms with Gasteiger partial charge in [0.1, 0.15) is 5.69 Å². The summed E-state index contributed by atoms with van der Waals surface area (Å²) < 4.78 is 1.39. The van der Waals surface area contributed by atoms with E-state index in [1.54, 1.807) is 12.1 Å². The van der Waals surface area contributed by atoms with Crippen LogP contribution in [0.5, 0.6) is 0 Å². The standard InChI is InChI=1S/C20H20N4O2/c21-19(25)18-14-17(23-24(18)16-11-5-2-6-12-16)20(26)22-13-7-10-15-8-3-1-4-9-15/h1-6,8-9,11-12,14H,7,10,13H2,(H2,21,25)(H,22,26). The molecular weight excluding hydrogens is 328 g/mol. The average molecular weight is 348 g/mol. The Morgan fingerprint density at radius 3 is 2.31 bits per heavy atom. The molecule has 26 heavy (non-hydrogen) atoms. The largest absolute Gasteiger partial charge is 0.364 e. The molecule has 1 aromatic heterocycles. The van der Waals surface area contributed by atoms with Crippen molar-refractivity contribution in [1.82, 2.24) is 15.1 Å². The van der Waals surface area contributed by atoms with Crippen LogP contribution in [0.3, 0.4) is 0 Å². The lowest BCUT2D eigenvalue weighted by atomic mass is 10.1. The molecule has 3 aromatic rings.